The Bertz CT molecular complexity index is 257. The number of carbonyl (C=O) groups is 1. The molecule has 0 saturated heterocycles. The number of ether oxygens (including phenoxy) is 1. The summed E-state index contributed by atoms with van der Waals surface area (Å²) in [6, 6.07) is 0. The van der Waals surface area contributed by atoms with E-state index in [1.54, 1.807) is 0 Å². The van der Waals surface area contributed by atoms with Gasteiger partial charge in [-0.05, 0) is 37.5 Å². The van der Waals surface area contributed by atoms with E-state index in [4.69, 9.17) is 4.74 Å². The molecular weight excluding hydrogens is 200 g/mol. The van der Waals surface area contributed by atoms with Crippen LogP contribution in [0.2, 0.25) is 0 Å². The third kappa shape index (κ3) is 2.85. The van der Waals surface area contributed by atoms with Crippen molar-refractivity contribution < 1.29 is 9.53 Å². The normalized spacial score (nSPS) is 33.7. The summed E-state index contributed by atoms with van der Waals surface area (Å²) < 4.78 is 5.88. The van der Waals surface area contributed by atoms with Crippen molar-refractivity contribution in [1.29, 1.82) is 0 Å². The van der Waals surface area contributed by atoms with Crippen LogP contribution in [0.3, 0.4) is 0 Å². The zero-order valence-corrected chi connectivity index (χ0v) is 11.4. The van der Waals surface area contributed by atoms with Crippen molar-refractivity contribution in [1.82, 2.24) is 0 Å². The first-order chi connectivity index (χ1) is 7.35. The molecular formula is C14H26O2. The molecule has 16 heavy (non-hydrogen) atoms. The Kier molecular flexibility index (Phi) is 4.17. The van der Waals surface area contributed by atoms with Gasteiger partial charge in [0.1, 0.15) is 5.60 Å². The van der Waals surface area contributed by atoms with Gasteiger partial charge in [0.05, 0.1) is 0 Å². The monoisotopic (exact) mass is 226 g/mol. The maximum Gasteiger partial charge on any atom is 0.164 e. The highest BCUT2D eigenvalue weighted by atomic mass is 16.5. The summed E-state index contributed by atoms with van der Waals surface area (Å²) in [6.45, 7) is 11.3. The Morgan fingerprint density at radius 2 is 1.94 bits per heavy atom. The van der Waals surface area contributed by atoms with E-state index in [2.05, 4.69) is 20.8 Å². The van der Waals surface area contributed by atoms with Crippen molar-refractivity contribution in [3.63, 3.8) is 0 Å². The van der Waals surface area contributed by atoms with E-state index >= 15 is 0 Å². The zero-order valence-electron chi connectivity index (χ0n) is 11.4. The molecule has 2 heteroatoms. The predicted molar refractivity (Wildman–Crippen MR) is 66.5 cm³/mol. The molecule has 0 aromatic heterocycles. The van der Waals surface area contributed by atoms with E-state index in [1.165, 1.54) is 6.42 Å². The first-order valence-electron chi connectivity index (χ1n) is 6.52. The Labute approximate surface area is 99.8 Å². The first kappa shape index (κ1) is 13.7. The largest absolute Gasteiger partial charge is 0.367 e. The van der Waals surface area contributed by atoms with Gasteiger partial charge in [-0.25, -0.2) is 0 Å². The fraction of sp³-hybridized carbons (Fsp3) is 0.929. The summed E-state index contributed by atoms with van der Waals surface area (Å²) in [5, 5.41) is 0. The molecule has 0 N–H and O–H groups in total. The molecule has 2 unspecified atom stereocenters. The van der Waals surface area contributed by atoms with E-state index in [0.29, 0.717) is 18.9 Å². The molecule has 0 spiro atoms. The lowest BCUT2D eigenvalue weighted by molar-refractivity contribution is -0.158. The number of hydrogen-bond acceptors (Lipinski definition) is 2. The number of hydrogen-bond donors (Lipinski definition) is 0. The van der Waals surface area contributed by atoms with Gasteiger partial charge in [-0.3, -0.25) is 4.79 Å². The van der Waals surface area contributed by atoms with Crippen LogP contribution < -0.4 is 0 Å². The molecule has 0 aromatic rings. The van der Waals surface area contributed by atoms with E-state index in [-0.39, 0.29) is 11.2 Å². The topological polar surface area (TPSA) is 26.3 Å². The molecule has 2 atom stereocenters. The van der Waals surface area contributed by atoms with E-state index < -0.39 is 5.60 Å². The first-order valence-corrected chi connectivity index (χ1v) is 6.52. The highest BCUT2D eigenvalue weighted by Crippen LogP contribution is 2.46. The summed E-state index contributed by atoms with van der Waals surface area (Å²) in [5.41, 5.74) is -0.275. The smallest absolute Gasteiger partial charge is 0.164 e. The third-order valence-corrected chi connectivity index (χ3v) is 3.59. The molecule has 0 aromatic carbocycles. The van der Waals surface area contributed by atoms with Crippen LogP contribution in [0.25, 0.3) is 0 Å². The fourth-order valence-corrected chi connectivity index (χ4v) is 3.50. The summed E-state index contributed by atoms with van der Waals surface area (Å²) in [4.78, 5) is 12.2. The molecule has 1 aliphatic rings. The quantitative estimate of drug-likeness (QED) is 0.732. The second kappa shape index (κ2) is 4.87. The summed E-state index contributed by atoms with van der Waals surface area (Å²) in [7, 11) is 0. The third-order valence-electron chi connectivity index (χ3n) is 3.59. The fourth-order valence-electron chi connectivity index (χ4n) is 3.50. The van der Waals surface area contributed by atoms with Crippen LogP contribution in [-0.2, 0) is 9.53 Å². The standard InChI is InChI=1S/C14H26O2/c1-6-12(15)14(16-7-2)9-11(3)8-13(4,5)10-14/h11H,6-10H2,1-5H3. The molecule has 0 amide bonds. The molecule has 0 aliphatic heterocycles. The van der Waals surface area contributed by atoms with Crippen LogP contribution in [0.15, 0.2) is 0 Å². The van der Waals surface area contributed by atoms with Crippen LogP contribution in [0, 0.1) is 11.3 Å². The number of Topliss-reactive ketones (excluding diaryl/α,β-unsaturated/α-hetero) is 1. The highest BCUT2D eigenvalue weighted by molar-refractivity contribution is 5.87. The van der Waals surface area contributed by atoms with Gasteiger partial charge in [0.15, 0.2) is 5.78 Å². The minimum Gasteiger partial charge on any atom is -0.367 e. The summed E-state index contributed by atoms with van der Waals surface area (Å²) in [6.07, 6.45) is 3.56. The van der Waals surface area contributed by atoms with Gasteiger partial charge in [0.25, 0.3) is 0 Å². The van der Waals surface area contributed by atoms with E-state index in [1.807, 2.05) is 13.8 Å². The Morgan fingerprint density at radius 3 is 2.38 bits per heavy atom. The SMILES string of the molecule is CCOC1(C(=O)CC)CC(C)CC(C)(C)C1. The van der Waals surface area contributed by atoms with E-state index in [0.717, 1.165) is 12.8 Å². The molecule has 1 fully saturated rings. The summed E-state index contributed by atoms with van der Waals surface area (Å²) >= 11 is 0. The lowest BCUT2D eigenvalue weighted by atomic mass is 9.64. The van der Waals surface area contributed by atoms with Crippen molar-refractivity contribution in [2.45, 2.75) is 65.9 Å². The Morgan fingerprint density at radius 1 is 1.31 bits per heavy atom. The van der Waals surface area contributed by atoms with Gasteiger partial charge in [0.2, 0.25) is 0 Å². The highest BCUT2D eigenvalue weighted by Gasteiger charge is 2.47. The maximum atomic E-state index is 12.2. The summed E-state index contributed by atoms with van der Waals surface area (Å²) in [5.74, 6) is 0.861. The van der Waals surface area contributed by atoms with Crippen molar-refractivity contribution in [2.24, 2.45) is 11.3 Å². The molecule has 1 rings (SSSR count). The molecule has 0 bridgehead atoms. The Hall–Kier alpha value is -0.370. The van der Waals surface area contributed by atoms with Crippen molar-refractivity contribution in [3.05, 3.63) is 0 Å². The van der Waals surface area contributed by atoms with Crippen molar-refractivity contribution >= 4 is 5.78 Å². The number of ketones is 1. The van der Waals surface area contributed by atoms with Gasteiger partial charge in [-0.15, -0.1) is 0 Å². The van der Waals surface area contributed by atoms with Crippen molar-refractivity contribution in [3.8, 4) is 0 Å². The molecule has 1 saturated carbocycles. The maximum absolute atomic E-state index is 12.2. The van der Waals surface area contributed by atoms with Gasteiger partial charge in [0, 0.05) is 13.0 Å². The number of carbonyl (C=O) groups excluding carboxylic acids is 1. The second-order valence-corrected chi connectivity index (χ2v) is 6.06. The van der Waals surface area contributed by atoms with Crippen LogP contribution in [0.1, 0.15) is 60.3 Å². The van der Waals surface area contributed by atoms with Crippen LogP contribution in [-0.4, -0.2) is 18.0 Å². The molecule has 0 radical (unpaired) electrons. The molecule has 0 heterocycles. The Balaban J connectivity index is 2.95. The molecule has 2 nitrogen and oxygen atoms in total. The van der Waals surface area contributed by atoms with Crippen LogP contribution in [0.5, 0.6) is 0 Å². The molecule has 1 aliphatic carbocycles. The van der Waals surface area contributed by atoms with Gasteiger partial charge in [-0.2, -0.15) is 0 Å². The lowest BCUT2D eigenvalue weighted by Gasteiger charge is -2.46. The number of rotatable bonds is 4. The van der Waals surface area contributed by atoms with Crippen molar-refractivity contribution in [2.75, 3.05) is 6.61 Å². The van der Waals surface area contributed by atoms with Crippen LogP contribution >= 0.6 is 0 Å². The van der Waals surface area contributed by atoms with Gasteiger partial charge in [-0.1, -0.05) is 27.7 Å². The minimum absolute atomic E-state index is 0.220. The van der Waals surface area contributed by atoms with E-state index in [9.17, 15) is 4.79 Å². The zero-order chi connectivity index (χ0) is 12.4. The second-order valence-electron chi connectivity index (χ2n) is 6.06. The average Bonchev–Trinajstić information content (AvgIpc) is 2.13. The van der Waals surface area contributed by atoms with Gasteiger partial charge < -0.3 is 4.74 Å². The predicted octanol–water partition coefficient (Wildman–Crippen LogP) is 3.59. The van der Waals surface area contributed by atoms with Crippen LogP contribution in [0.4, 0.5) is 0 Å². The average molecular weight is 226 g/mol. The minimum atomic E-state index is -0.495. The lowest BCUT2D eigenvalue weighted by Crippen LogP contribution is -2.50. The van der Waals surface area contributed by atoms with Gasteiger partial charge >= 0.3 is 0 Å². The molecule has 94 valence electrons.